The SMILES string of the molecule is CC(C)n1cc(NC(=O)[C@H](C)Oc2ccn(-c3ccccc3)n2)cn1. The summed E-state index contributed by atoms with van der Waals surface area (Å²) in [4.78, 5) is 12.3. The molecule has 1 atom stereocenters. The lowest BCUT2D eigenvalue weighted by Crippen LogP contribution is -2.30. The van der Waals surface area contributed by atoms with E-state index >= 15 is 0 Å². The van der Waals surface area contributed by atoms with E-state index in [2.05, 4.69) is 15.5 Å². The van der Waals surface area contributed by atoms with Gasteiger partial charge in [-0.05, 0) is 32.9 Å². The lowest BCUT2D eigenvalue weighted by Gasteiger charge is -2.12. The summed E-state index contributed by atoms with van der Waals surface area (Å²) in [5.74, 6) is 0.141. The maximum Gasteiger partial charge on any atom is 0.265 e. The fraction of sp³-hybridized carbons (Fsp3) is 0.278. The van der Waals surface area contributed by atoms with Crippen LogP contribution in [-0.4, -0.2) is 31.6 Å². The molecule has 25 heavy (non-hydrogen) atoms. The Balaban J connectivity index is 1.60. The minimum absolute atomic E-state index is 0.237. The van der Waals surface area contributed by atoms with Crippen LogP contribution in [0.5, 0.6) is 5.88 Å². The smallest absolute Gasteiger partial charge is 0.265 e. The van der Waals surface area contributed by atoms with Gasteiger partial charge in [0, 0.05) is 24.5 Å². The van der Waals surface area contributed by atoms with E-state index in [-0.39, 0.29) is 11.9 Å². The minimum Gasteiger partial charge on any atom is -0.463 e. The molecule has 3 rings (SSSR count). The molecular weight excluding hydrogens is 318 g/mol. The van der Waals surface area contributed by atoms with Crippen molar-refractivity contribution in [2.75, 3.05) is 5.32 Å². The first-order valence-corrected chi connectivity index (χ1v) is 8.15. The first kappa shape index (κ1) is 16.8. The largest absolute Gasteiger partial charge is 0.463 e. The normalized spacial score (nSPS) is 12.2. The zero-order valence-electron chi connectivity index (χ0n) is 14.5. The number of amides is 1. The number of carbonyl (C=O) groups is 1. The molecule has 0 aliphatic rings. The Labute approximate surface area is 146 Å². The van der Waals surface area contributed by atoms with Crippen molar-refractivity contribution >= 4 is 11.6 Å². The average Bonchev–Trinajstić information content (AvgIpc) is 3.25. The van der Waals surface area contributed by atoms with Crippen LogP contribution in [0.2, 0.25) is 0 Å². The van der Waals surface area contributed by atoms with Crippen molar-refractivity contribution in [2.45, 2.75) is 32.9 Å². The van der Waals surface area contributed by atoms with Gasteiger partial charge in [0.1, 0.15) is 0 Å². The third-order valence-corrected chi connectivity index (χ3v) is 3.65. The fourth-order valence-electron chi connectivity index (χ4n) is 2.26. The summed E-state index contributed by atoms with van der Waals surface area (Å²) in [6.07, 6.45) is 4.53. The molecule has 0 aliphatic carbocycles. The van der Waals surface area contributed by atoms with Crippen LogP contribution in [0.25, 0.3) is 5.69 Å². The Morgan fingerprint density at radius 1 is 1.16 bits per heavy atom. The van der Waals surface area contributed by atoms with Crippen LogP contribution in [0.15, 0.2) is 55.0 Å². The number of hydrogen-bond acceptors (Lipinski definition) is 4. The average molecular weight is 339 g/mol. The number of nitrogens with zero attached hydrogens (tertiary/aromatic N) is 4. The molecule has 0 aliphatic heterocycles. The fourth-order valence-corrected chi connectivity index (χ4v) is 2.26. The summed E-state index contributed by atoms with van der Waals surface area (Å²) in [6.45, 7) is 5.73. The molecule has 130 valence electrons. The second-order valence-corrected chi connectivity index (χ2v) is 5.99. The van der Waals surface area contributed by atoms with Crippen LogP contribution >= 0.6 is 0 Å². The van der Waals surface area contributed by atoms with Gasteiger partial charge in [0.15, 0.2) is 6.10 Å². The summed E-state index contributed by atoms with van der Waals surface area (Å²) >= 11 is 0. The molecule has 0 spiro atoms. The molecule has 2 heterocycles. The highest BCUT2D eigenvalue weighted by Crippen LogP contribution is 2.14. The zero-order chi connectivity index (χ0) is 17.8. The Kier molecular flexibility index (Phi) is 4.83. The Bertz CT molecular complexity index is 838. The van der Waals surface area contributed by atoms with Crippen molar-refractivity contribution in [3.8, 4) is 11.6 Å². The standard InChI is InChI=1S/C18H21N5O2/c1-13(2)23-12-15(11-19-23)20-18(24)14(3)25-17-9-10-22(21-17)16-7-5-4-6-8-16/h4-14H,1-3H3,(H,20,24)/t14-/m0/s1. The van der Waals surface area contributed by atoms with E-state index in [1.165, 1.54) is 0 Å². The summed E-state index contributed by atoms with van der Waals surface area (Å²) in [5, 5.41) is 11.3. The molecule has 1 N–H and O–H groups in total. The van der Waals surface area contributed by atoms with Gasteiger partial charge in [0.25, 0.3) is 5.91 Å². The monoisotopic (exact) mass is 339 g/mol. The van der Waals surface area contributed by atoms with Crippen LogP contribution < -0.4 is 10.1 Å². The van der Waals surface area contributed by atoms with E-state index in [1.807, 2.05) is 44.2 Å². The third kappa shape index (κ3) is 4.06. The van der Waals surface area contributed by atoms with Gasteiger partial charge in [0.05, 0.1) is 17.6 Å². The highest BCUT2D eigenvalue weighted by Gasteiger charge is 2.17. The quantitative estimate of drug-likeness (QED) is 0.749. The summed E-state index contributed by atoms with van der Waals surface area (Å²) in [7, 11) is 0. The summed E-state index contributed by atoms with van der Waals surface area (Å²) in [6, 6.07) is 11.7. The second-order valence-electron chi connectivity index (χ2n) is 5.99. The van der Waals surface area contributed by atoms with E-state index in [1.54, 1.807) is 40.9 Å². The predicted octanol–water partition coefficient (Wildman–Crippen LogP) is 3.06. The number of anilines is 1. The number of rotatable bonds is 6. The van der Waals surface area contributed by atoms with E-state index in [0.717, 1.165) is 5.69 Å². The van der Waals surface area contributed by atoms with Gasteiger partial charge in [-0.1, -0.05) is 18.2 Å². The number of carbonyl (C=O) groups excluding carboxylic acids is 1. The lowest BCUT2D eigenvalue weighted by atomic mass is 10.3. The maximum atomic E-state index is 12.3. The van der Waals surface area contributed by atoms with Crippen LogP contribution in [0, 0.1) is 0 Å². The van der Waals surface area contributed by atoms with Gasteiger partial charge in [-0.25, -0.2) is 4.68 Å². The van der Waals surface area contributed by atoms with Crippen LogP contribution in [0.3, 0.4) is 0 Å². The number of para-hydroxylation sites is 1. The third-order valence-electron chi connectivity index (χ3n) is 3.65. The van der Waals surface area contributed by atoms with Crippen molar-refractivity contribution in [1.29, 1.82) is 0 Å². The number of nitrogens with one attached hydrogen (secondary N) is 1. The molecule has 1 amide bonds. The Morgan fingerprint density at radius 2 is 1.92 bits per heavy atom. The highest BCUT2D eigenvalue weighted by atomic mass is 16.5. The molecule has 0 unspecified atom stereocenters. The van der Waals surface area contributed by atoms with Crippen molar-refractivity contribution in [2.24, 2.45) is 0 Å². The van der Waals surface area contributed by atoms with Gasteiger partial charge in [-0.3, -0.25) is 9.48 Å². The Hall–Kier alpha value is -3.09. The van der Waals surface area contributed by atoms with Crippen molar-refractivity contribution in [3.63, 3.8) is 0 Å². The molecule has 1 aromatic carbocycles. The molecule has 0 saturated carbocycles. The number of aromatic nitrogens is 4. The molecule has 0 saturated heterocycles. The predicted molar refractivity (Wildman–Crippen MR) is 94.9 cm³/mol. The number of hydrogen-bond donors (Lipinski definition) is 1. The van der Waals surface area contributed by atoms with E-state index in [0.29, 0.717) is 11.6 Å². The van der Waals surface area contributed by atoms with E-state index in [9.17, 15) is 4.79 Å². The maximum absolute atomic E-state index is 12.3. The van der Waals surface area contributed by atoms with Gasteiger partial charge in [-0.15, -0.1) is 5.10 Å². The zero-order valence-corrected chi connectivity index (χ0v) is 14.5. The molecule has 0 fully saturated rings. The van der Waals surface area contributed by atoms with Gasteiger partial charge >= 0.3 is 0 Å². The first-order chi connectivity index (χ1) is 12.0. The first-order valence-electron chi connectivity index (χ1n) is 8.15. The van der Waals surface area contributed by atoms with Crippen molar-refractivity contribution in [1.82, 2.24) is 19.6 Å². The van der Waals surface area contributed by atoms with E-state index < -0.39 is 6.10 Å². The molecule has 2 aromatic heterocycles. The molecule has 0 radical (unpaired) electrons. The highest BCUT2D eigenvalue weighted by molar-refractivity contribution is 5.93. The van der Waals surface area contributed by atoms with E-state index in [4.69, 9.17) is 4.74 Å². The molecule has 0 bridgehead atoms. The summed E-state index contributed by atoms with van der Waals surface area (Å²) < 4.78 is 9.11. The second kappa shape index (κ2) is 7.21. The minimum atomic E-state index is -0.679. The number of ether oxygens (including phenoxy) is 1. The number of benzene rings is 1. The van der Waals surface area contributed by atoms with Gasteiger partial charge < -0.3 is 10.1 Å². The molecule has 7 nitrogen and oxygen atoms in total. The van der Waals surface area contributed by atoms with Crippen molar-refractivity contribution in [3.05, 3.63) is 55.0 Å². The lowest BCUT2D eigenvalue weighted by molar-refractivity contribution is -0.122. The summed E-state index contributed by atoms with van der Waals surface area (Å²) in [5.41, 5.74) is 1.57. The van der Waals surface area contributed by atoms with Crippen LogP contribution in [-0.2, 0) is 4.79 Å². The van der Waals surface area contributed by atoms with Crippen LogP contribution in [0.4, 0.5) is 5.69 Å². The van der Waals surface area contributed by atoms with Crippen molar-refractivity contribution < 1.29 is 9.53 Å². The van der Waals surface area contributed by atoms with Gasteiger partial charge in [-0.2, -0.15) is 5.10 Å². The molecule has 3 aromatic rings. The topological polar surface area (TPSA) is 74.0 Å². The van der Waals surface area contributed by atoms with Crippen LogP contribution in [0.1, 0.15) is 26.8 Å². The van der Waals surface area contributed by atoms with Gasteiger partial charge in [0.2, 0.25) is 5.88 Å². The molecular formula is C18H21N5O2. The molecule has 7 heteroatoms. The Morgan fingerprint density at radius 3 is 2.60 bits per heavy atom.